The van der Waals surface area contributed by atoms with Gasteiger partial charge >= 0.3 is 11.9 Å². The van der Waals surface area contributed by atoms with Crippen molar-refractivity contribution in [2.75, 3.05) is 41.0 Å². The first-order valence-electron chi connectivity index (χ1n) is 18.9. The van der Waals surface area contributed by atoms with E-state index in [0.29, 0.717) is 12.8 Å². The summed E-state index contributed by atoms with van der Waals surface area (Å²) >= 11 is 0. The average Bonchev–Trinajstić information content (AvgIpc) is 3.01. The molecule has 0 aliphatic carbocycles. The molecule has 8 heteroatoms. The minimum Gasteiger partial charge on any atom is -0.544 e. The molecule has 47 heavy (non-hydrogen) atoms. The monoisotopic (exact) mass is 666 g/mol. The molecule has 0 amide bonds. The minimum atomic E-state index is -1.13. The van der Waals surface area contributed by atoms with E-state index in [1.54, 1.807) is 21.1 Å². The van der Waals surface area contributed by atoms with E-state index in [-0.39, 0.29) is 42.7 Å². The normalized spacial score (nSPS) is 13.3. The molecule has 0 aliphatic heterocycles. The van der Waals surface area contributed by atoms with Gasteiger partial charge in [-0.15, -0.1) is 0 Å². The lowest BCUT2D eigenvalue weighted by Gasteiger charge is -2.34. The molecule has 0 radical (unpaired) electrons. The summed E-state index contributed by atoms with van der Waals surface area (Å²) in [6, 6.07) is -0.725. The summed E-state index contributed by atoms with van der Waals surface area (Å²) in [4.78, 5) is 36.5. The van der Waals surface area contributed by atoms with E-state index in [0.717, 1.165) is 51.4 Å². The highest BCUT2D eigenvalue weighted by Crippen LogP contribution is 2.14. The predicted octanol–water partition coefficient (Wildman–Crippen LogP) is 8.02. The van der Waals surface area contributed by atoms with Crippen LogP contribution in [0.3, 0.4) is 0 Å². The van der Waals surface area contributed by atoms with Crippen LogP contribution in [0.4, 0.5) is 0 Å². The fraction of sp³-hybridized carbons (Fsp3) is 0.821. The van der Waals surface area contributed by atoms with Gasteiger partial charge in [0, 0.05) is 19.3 Å². The van der Waals surface area contributed by atoms with Gasteiger partial charge in [-0.3, -0.25) is 9.59 Å². The summed E-state index contributed by atoms with van der Waals surface area (Å²) in [7, 11) is 5.38. The van der Waals surface area contributed by atoms with Gasteiger partial charge in [0.2, 0.25) is 0 Å². The number of esters is 2. The van der Waals surface area contributed by atoms with Crippen molar-refractivity contribution in [3.05, 3.63) is 24.3 Å². The van der Waals surface area contributed by atoms with Gasteiger partial charge in [-0.05, 0) is 38.5 Å². The van der Waals surface area contributed by atoms with Crippen molar-refractivity contribution in [2.24, 2.45) is 0 Å². The topological polar surface area (TPSA) is 102 Å². The first-order chi connectivity index (χ1) is 22.6. The number of nitrogens with zero attached hydrogens (tertiary/aromatic N) is 1. The van der Waals surface area contributed by atoms with Gasteiger partial charge < -0.3 is 28.6 Å². The zero-order valence-electron chi connectivity index (χ0n) is 30.9. The van der Waals surface area contributed by atoms with Gasteiger partial charge in [0.05, 0.1) is 40.3 Å². The Bertz CT molecular complexity index is 834. The van der Waals surface area contributed by atoms with E-state index in [4.69, 9.17) is 14.2 Å². The number of carboxylic acids is 1. The van der Waals surface area contributed by atoms with E-state index in [1.165, 1.54) is 70.6 Å². The lowest BCUT2D eigenvalue weighted by atomic mass is 10.0. The Kier molecular flexibility index (Phi) is 29.7. The smallest absolute Gasteiger partial charge is 0.306 e. The average molecular weight is 666 g/mol. The van der Waals surface area contributed by atoms with Crippen LogP contribution in [0.2, 0.25) is 0 Å². The largest absolute Gasteiger partial charge is 0.544 e. The number of hydrogen-bond donors (Lipinski definition) is 0. The van der Waals surface area contributed by atoms with E-state index < -0.39 is 18.1 Å². The number of carbonyl (C=O) groups is 3. The van der Waals surface area contributed by atoms with Crippen LogP contribution in [0.25, 0.3) is 0 Å². The minimum absolute atomic E-state index is 0.0337. The molecule has 0 saturated heterocycles. The maximum atomic E-state index is 12.6. The lowest BCUT2D eigenvalue weighted by Crippen LogP contribution is -2.55. The number of likely N-dealkylation sites (N-methyl/N-ethyl adjacent to an activating group) is 1. The van der Waals surface area contributed by atoms with E-state index >= 15 is 0 Å². The molecule has 0 aromatic rings. The van der Waals surface area contributed by atoms with E-state index in [2.05, 4.69) is 38.2 Å². The van der Waals surface area contributed by atoms with Crippen molar-refractivity contribution in [1.82, 2.24) is 0 Å². The fourth-order valence-electron chi connectivity index (χ4n) is 5.40. The third kappa shape index (κ3) is 29.7. The number of aliphatic carboxylic acids is 1. The molecule has 0 fully saturated rings. The molecule has 2 unspecified atom stereocenters. The van der Waals surface area contributed by atoms with Crippen LogP contribution >= 0.6 is 0 Å². The Balaban J connectivity index is 4.42. The lowest BCUT2D eigenvalue weighted by molar-refractivity contribution is -0.889. The molecular weight excluding hydrogens is 594 g/mol. The highest BCUT2D eigenvalue weighted by molar-refractivity contribution is 5.70. The number of unbranched alkanes of at least 4 members (excludes halogenated alkanes) is 15. The van der Waals surface area contributed by atoms with Crippen molar-refractivity contribution in [2.45, 2.75) is 167 Å². The van der Waals surface area contributed by atoms with Crippen molar-refractivity contribution >= 4 is 17.9 Å². The number of hydrogen-bond acceptors (Lipinski definition) is 7. The molecule has 274 valence electrons. The van der Waals surface area contributed by atoms with Crippen molar-refractivity contribution < 1.29 is 38.2 Å². The zero-order chi connectivity index (χ0) is 35.0. The third-order valence-corrected chi connectivity index (χ3v) is 8.35. The van der Waals surface area contributed by atoms with Crippen molar-refractivity contribution in [1.29, 1.82) is 0 Å². The molecule has 2 atom stereocenters. The quantitative estimate of drug-likeness (QED) is 0.0303. The van der Waals surface area contributed by atoms with Gasteiger partial charge in [-0.2, -0.15) is 0 Å². The molecule has 0 heterocycles. The maximum Gasteiger partial charge on any atom is 0.306 e. The van der Waals surface area contributed by atoms with E-state index in [9.17, 15) is 19.5 Å². The maximum absolute atomic E-state index is 12.6. The summed E-state index contributed by atoms with van der Waals surface area (Å²) in [5.74, 6) is -1.78. The number of allylic oxidation sites excluding steroid dienone is 4. The number of rotatable bonds is 33. The Labute approximate surface area is 288 Å². The second-order valence-electron chi connectivity index (χ2n) is 13.8. The standard InChI is InChI=1S/C39H71NO7/c1-6-8-10-12-14-16-17-18-19-20-22-24-26-28-30-38(42)47-35(33-45-32-31-36(39(43)44)40(3,4)5)34-46-37(41)29-27-25-23-21-15-13-11-9-7-2/h9,11,15,21,35-36H,6-8,10,12-14,16-20,22-34H2,1-5H3/b11-9+,21-15+. The molecule has 0 aromatic carbocycles. The van der Waals surface area contributed by atoms with Crippen LogP contribution in [-0.2, 0) is 28.6 Å². The van der Waals surface area contributed by atoms with E-state index in [1.807, 2.05) is 0 Å². The molecule has 8 nitrogen and oxygen atoms in total. The molecule has 0 bridgehead atoms. The molecule has 0 spiro atoms. The zero-order valence-corrected chi connectivity index (χ0v) is 30.9. The third-order valence-electron chi connectivity index (χ3n) is 8.35. The first kappa shape index (κ1) is 44.8. The fourth-order valence-corrected chi connectivity index (χ4v) is 5.40. The van der Waals surface area contributed by atoms with Crippen LogP contribution in [0.5, 0.6) is 0 Å². The summed E-state index contributed by atoms with van der Waals surface area (Å²) in [6.07, 6.45) is 30.7. The van der Waals surface area contributed by atoms with Gasteiger partial charge in [0.15, 0.2) is 6.10 Å². The van der Waals surface area contributed by atoms with Crippen LogP contribution < -0.4 is 5.11 Å². The van der Waals surface area contributed by atoms with Gasteiger partial charge in [-0.1, -0.05) is 122 Å². The van der Waals surface area contributed by atoms with Crippen molar-refractivity contribution in [3.8, 4) is 0 Å². The van der Waals surface area contributed by atoms with Crippen LogP contribution in [-0.4, -0.2) is 75.5 Å². The van der Waals surface area contributed by atoms with Gasteiger partial charge in [-0.25, -0.2) is 0 Å². The SMILES string of the molecule is CC/C=C/C/C=C/CCCCC(=O)OCC(COCCC(C(=O)[O-])[N+](C)(C)C)OC(=O)CCCCCCCCCCCCCCCC. The Morgan fingerprint density at radius 1 is 0.660 bits per heavy atom. The first-order valence-corrected chi connectivity index (χ1v) is 18.9. The Morgan fingerprint density at radius 3 is 1.74 bits per heavy atom. The molecular formula is C39H71NO7. The van der Waals surface area contributed by atoms with Gasteiger partial charge in [0.1, 0.15) is 12.6 Å². The van der Waals surface area contributed by atoms with Crippen LogP contribution in [0, 0.1) is 0 Å². The molecule has 0 aromatic heterocycles. The number of quaternary nitrogens is 1. The second-order valence-corrected chi connectivity index (χ2v) is 13.8. The number of ether oxygens (including phenoxy) is 3. The Morgan fingerprint density at radius 2 is 1.19 bits per heavy atom. The Hall–Kier alpha value is -2.19. The van der Waals surface area contributed by atoms with Crippen LogP contribution in [0.1, 0.15) is 155 Å². The number of carboxylic acid groups (broad SMARTS) is 1. The highest BCUT2D eigenvalue weighted by atomic mass is 16.6. The van der Waals surface area contributed by atoms with Crippen molar-refractivity contribution in [3.63, 3.8) is 0 Å². The summed E-state index contributed by atoms with van der Waals surface area (Å²) < 4.78 is 17.0. The predicted molar refractivity (Wildman–Crippen MR) is 190 cm³/mol. The molecule has 0 aliphatic rings. The summed E-state index contributed by atoms with van der Waals surface area (Å²) in [6.45, 7) is 4.49. The second kappa shape index (κ2) is 31.1. The molecule has 0 N–H and O–H groups in total. The summed E-state index contributed by atoms with van der Waals surface area (Å²) in [5, 5.41) is 11.6. The summed E-state index contributed by atoms with van der Waals surface area (Å²) in [5.41, 5.74) is 0. The number of carbonyl (C=O) groups excluding carboxylic acids is 3. The van der Waals surface area contributed by atoms with Gasteiger partial charge in [0.25, 0.3) is 0 Å². The molecule has 0 rings (SSSR count). The highest BCUT2D eigenvalue weighted by Gasteiger charge is 2.25. The molecule has 0 saturated carbocycles. The van der Waals surface area contributed by atoms with Crippen LogP contribution in [0.15, 0.2) is 24.3 Å².